The third kappa shape index (κ3) is 2.76. The molecule has 0 bridgehead atoms. The van der Waals surface area contributed by atoms with E-state index in [1.54, 1.807) is 6.20 Å². The number of rotatable bonds is 4. The van der Waals surface area contributed by atoms with Crippen LogP contribution in [-0.4, -0.2) is 19.9 Å². The normalized spacial score (nSPS) is 11.8. The summed E-state index contributed by atoms with van der Waals surface area (Å²) in [5, 5.41) is 13.5. The molecule has 0 radical (unpaired) electrons. The van der Waals surface area contributed by atoms with Gasteiger partial charge in [0.15, 0.2) is 0 Å². The molecule has 0 saturated carbocycles. The predicted octanol–water partition coefficient (Wildman–Crippen LogP) is 1.95. The maximum absolute atomic E-state index is 10.5. The van der Waals surface area contributed by atoms with Crippen molar-refractivity contribution in [3.63, 3.8) is 0 Å². The second kappa shape index (κ2) is 5.17. The van der Waals surface area contributed by atoms with Gasteiger partial charge in [-0.25, -0.2) is 9.97 Å². The van der Waals surface area contributed by atoms with Crippen LogP contribution < -0.4 is 5.32 Å². The van der Waals surface area contributed by atoms with Crippen molar-refractivity contribution >= 4 is 11.6 Å². The van der Waals surface area contributed by atoms with Crippen LogP contribution in [0.1, 0.15) is 18.7 Å². The second-order valence-electron chi connectivity index (χ2n) is 3.64. The molecular weight excluding hydrogens is 234 g/mol. The van der Waals surface area contributed by atoms with E-state index in [-0.39, 0.29) is 11.7 Å². The van der Waals surface area contributed by atoms with E-state index in [1.807, 2.05) is 25.1 Å². The number of anilines is 1. The number of hydrogen-bond donors (Lipinski definition) is 1. The summed E-state index contributed by atoms with van der Waals surface area (Å²) in [6.45, 7) is 1.91. The van der Waals surface area contributed by atoms with Gasteiger partial charge in [0, 0.05) is 6.20 Å². The first-order valence-electron chi connectivity index (χ1n) is 5.30. The highest BCUT2D eigenvalue weighted by atomic mass is 16.6. The van der Waals surface area contributed by atoms with Crippen molar-refractivity contribution in [1.29, 1.82) is 0 Å². The highest BCUT2D eigenvalue weighted by Gasteiger charge is 2.10. The molecule has 0 aromatic carbocycles. The van der Waals surface area contributed by atoms with Crippen LogP contribution in [0.5, 0.6) is 0 Å². The number of hydrogen-bond acceptors (Lipinski definition) is 6. The number of nitrogens with one attached hydrogen (secondary N) is 1. The fourth-order valence-corrected chi connectivity index (χ4v) is 1.39. The van der Waals surface area contributed by atoms with Gasteiger partial charge < -0.3 is 5.32 Å². The van der Waals surface area contributed by atoms with Crippen LogP contribution in [0, 0.1) is 10.1 Å². The number of pyridine rings is 1. The number of aromatic nitrogens is 3. The molecule has 0 amide bonds. The monoisotopic (exact) mass is 245 g/mol. The Bertz CT molecular complexity index is 529. The molecule has 2 rings (SSSR count). The summed E-state index contributed by atoms with van der Waals surface area (Å²) in [5.41, 5.74) is 0.713. The Morgan fingerprint density at radius 1 is 1.28 bits per heavy atom. The maximum Gasteiger partial charge on any atom is 0.305 e. The molecule has 0 aliphatic rings. The van der Waals surface area contributed by atoms with E-state index in [2.05, 4.69) is 20.3 Å². The standard InChI is InChI=1S/C11H11N5O2/c1-8(10-4-2-3-5-12-10)15-11-13-6-9(7-14-11)16(17)18/h2-8H,1H3,(H,13,14,15). The summed E-state index contributed by atoms with van der Waals surface area (Å²) in [4.78, 5) is 21.9. The smallest absolute Gasteiger partial charge is 0.305 e. The van der Waals surface area contributed by atoms with Gasteiger partial charge in [-0.15, -0.1) is 0 Å². The van der Waals surface area contributed by atoms with Crippen molar-refractivity contribution in [3.8, 4) is 0 Å². The zero-order valence-corrected chi connectivity index (χ0v) is 9.65. The first-order valence-corrected chi connectivity index (χ1v) is 5.30. The van der Waals surface area contributed by atoms with Crippen LogP contribution in [0.4, 0.5) is 11.6 Å². The highest BCUT2D eigenvalue weighted by molar-refractivity contribution is 5.32. The van der Waals surface area contributed by atoms with Gasteiger partial charge in [0.05, 0.1) is 16.7 Å². The Morgan fingerprint density at radius 3 is 2.56 bits per heavy atom. The van der Waals surface area contributed by atoms with Crippen molar-refractivity contribution in [2.24, 2.45) is 0 Å². The van der Waals surface area contributed by atoms with Crippen molar-refractivity contribution in [1.82, 2.24) is 15.0 Å². The summed E-state index contributed by atoms with van der Waals surface area (Å²) < 4.78 is 0. The fraction of sp³-hybridized carbons (Fsp3) is 0.182. The van der Waals surface area contributed by atoms with E-state index in [0.29, 0.717) is 5.95 Å². The Hall–Kier alpha value is -2.57. The Labute approximate surface area is 103 Å². The first kappa shape index (κ1) is 11.9. The van der Waals surface area contributed by atoms with E-state index in [4.69, 9.17) is 0 Å². The molecule has 0 spiro atoms. The van der Waals surface area contributed by atoms with E-state index in [0.717, 1.165) is 5.69 Å². The molecule has 0 saturated heterocycles. The lowest BCUT2D eigenvalue weighted by atomic mass is 10.2. The van der Waals surface area contributed by atoms with Crippen LogP contribution >= 0.6 is 0 Å². The molecule has 0 aliphatic carbocycles. The number of nitro groups is 1. The van der Waals surface area contributed by atoms with Crippen molar-refractivity contribution in [2.45, 2.75) is 13.0 Å². The van der Waals surface area contributed by atoms with Gasteiger partial charge >= 0.3 is 5.69 Å². The lowest BCUT2D eigenvalue weighted by Gasteiger charge is -2.12. The molecule has 2 aromatic rings. The predicted molar refractivity (Wildman–Crippen MR) is 65.0 cm³/mol. The molecule has 92 valence electrons. The molecular formula is C11H11N5O2. The van der Waals surface area contributed by atoms with Gasteiger partial charge in [0.2, 0.25) is 5.95 Å². The fourth-order valence-electron chi connectivity index (χ4n) is 1.39. The lowest BCUT2D eigenvalue weighted by Crippen LogP contribution is -2.10. The average molecular weight is 245 g/mol. The lowest BCUT2D eigenvalue weighted by molar-refractivity contribution is -0.385. The van der Waals surface area contributed by atoms with Crippen LogP contribution in [0.2, 0.25) is 0 Å². The quantitative estimate of drug-likeness (QED) is 0.653. The highest BCUT2D eigenvalue weighted by Crippen LogP contribution is 2.15. The van der Waals surface area contributed by atoms with Gasteiger partial charge in [0.25, 0.3) is 0 Å². The van der Waals surface area contributed by atoms with E-state index in [1.165, 1.54) is 12.4 Å². The number of nitrogens with zero attached hydrogens (tertiary/aromatic N) is 4. The topological polar surface area (TPSA) is 93.8 Å². The van der Waals surface area contributed by atoms with E-state index < -0.39 is 4.92 Å². The summed E-state index contributed by atoms with van der Waals surface area (Å²) >= 11 is 0. The van der Waals surface area contributed by atoms with Gasteiger partial charge in [-0.1, -0.05) is 6.07 Å². The zero-order valence-electron chi connectivity index (χ0n) is 9.65. The van der Waals surface area contributed by atoms with E-state index >= 15 is 0 Å². The van der Waals surface area contributed by atoms with Crippen molar-refractivity contribution in [3.05, 3.63) is 52.6 Å². The molecule has 1 N–H and O–H groups in total. The molecule has 2 heterocycles. The molecule has 0 aliphatic heterocycles. The van der Waals surface area contributed by atoms with Crippen LogP contribution in [-0.2, 0) is 0 Å². The van der Waals surface area contributed by atoms with Crippen LogP contribution in [0.3, 0.4) is 0 Å². The molecule has 18 heavy (non-hydrogen) atoms. The minimum atomic E-state index is -0.536. The molecule has 7 nitrogen and oxygen atoms in total. The maximum atomic E-state index is 10.5. The average Bonchev–Trinajstić information content (AvgIpc) is 2.40. The van der Waals surface area contributed by atoms with Crippen molar-refractivity contribution in [2.75, 3.05) is 5.32 Å². The molecule has 1 unspecified atom stereocenters. The van der Waals surface area contributed by atoms with Crippen molar-refractivity contribution < 1.29 is 4.92 Å². The Balaban J connectivity index is 2.08. The van der Waals surface area contributed by atoms with E-state index in [9.17, 15) is 10.1 Å². The zero-order chi connectivity index (χ0) is 13.0. The SMILES string of the molecule is CC(Nc1ncc([N+](=O)[O-])cn1)c1ccccn1. The second-order valence-corrected chi connectivity index (χ2v) is 3.64. The summed E-state index contributed by atoms with van der Waals surface area (Å²) in [7, 11) is 0. The third-order valence-corrected chi connectivity index (χ3v) is 2.33. The van der Waals surface area contributed by atoms with Gasteiger partial charge in [-0.3, -0.25) is 15.1 Å². The molecule has 7 heteroatoms. The molecule has 2 aromatic heterocycles. The van der Waals surface area contributed by atoms with Gasteiger partial charge in [-0.05, 0) is 19.1 Å². The largest absolute Gasteiger partial charge is 0.346 e. The Kier molecular flexibility index (Phi) is 3.42. The third-order valence-electron chi connectivity index (χ3n) is 2.33. The van der Waals surface area contributed by atoms with Crippen LogP contribution in [0.25, 0.3) is 0 Å². The van der Waals surface area contributed by atoms with Crippen LogP contribution in [0.15, 0.2) is 36.8 Å². The molecule has 0 fully saturated rings. The Morgan fingerprint density at radius 2 is 2.00 bits per heavy atom. The minimum Gasteiger partial charge on any atom is -0.346 e. The summed E-state index contributed by atoms with van der Waals surface area (Å²) in [5.74, 6) is 0.332. The first-order chi connectivity index (χ1) is 8.66. The summed E-state index contributed by atoms with van der Waals surface area (Å²) in [6.07, 6.45) is 4.03. The molecule has 1 atom stereocenters. The van der Waals surface area contributed by atoms with Gasteiger partial charge in [0.1, 0.15) is 12.4 Å². The minimum absolute atomic E-state index is 0.0762. The summed E-state index contributed by atoms with van der Waals surface area (Å²) in [6, 6.07) is 5.52. The van der Waals surface area contributed by atoms with Gasteiger partial charge in [-0.2, -0.15) is 0 Å².